The zero-order valence-electron chi connectivity index (χ0n) is 8.90. The summed E-state index contributed by atoms with van der Waals surface area (Å²) in [6.07, 6.45) is -0.887. The minimum Gasteiger partial charge on any atom is -0.455 e. The number of para-hydroxylation sites is 1. The molecule has 1 N–H and O–H groups in total. The van der Waals surface area contributed by atoms with Crippen molar-refractivity contribution in [1.29, 1.82) is 0 Å². The molecular formula is C11H15NO3. The maximum atomic E-state index is 11.3. The maximum absolute atomic E-state index is 11.3. The predicted molar refractivity (Wildman–Crippen MR) is 56.6 cm³/mol. The molecule has 1 unspecified atom stereocenters. The Kier molecular flexibility index (Phi) is 4.63. The van der Waals surface area contributed by atoms with Gasteiger partial charge in [-0.3, -0.25) is 4.79 Å². The van der Waals surface area contributed by atoms with Crippen molar-refractivity contribution in [2.75, 3.05) is 13.7 Å². The van der Waals surface area contributed by atoms with Crippen LogP contribution >= 0.6 is 0 Å². The van der Waals surface area contributed by atoms with Crippen molar-refractivity contribution in [2.24, 2.45) is 0 Å². The van der Waals surface area contributed by atoms with Crippen LogP contribution < -0.4 is 10.1 Å². The normalized spacial score (nSPS) is 11.9. The minimum atomic E-state index is -0.887. The molecule has 0 fully saturated rings. The first kappa shape index (κ1) is 11.5. The van der Waals surface area contributed by atoms with Crippen LogP contribution in [0.5, 0.6) is 5.75 Å². The van der Waals surface area contributed by atoms with Crippen molar-refractivity contribution >= 4 is 5.91 Å². The number of amides is 1. The van der Waals surface area contributed by atoms with Crippen LogP contribution in [0, 0.1) is 0 Å². The standard InChI is InChI=1S/C11H15NO3/c1-3-14-11(10(13)12-2)15-9-7-5-4-6-8-9/h4-8,11H,3H2,1-2H3,(H,12,13). The van der Waals surface area contributed by atoms with E-state index >= 15 is 0 Å². The summed E-state index contributed by atoms with van der Waals surface area (Å²) in [5.41, 5.74) is 0. The van der Waals surface area contributed by atoms with Crippen LogP contribution in [-0.4, -0.2) is 25.9 Å². The average Bonchev–Trinajstić information content (AvgIpc) is 2.29. The molecular weight excluding hydrogens is 194 g/mol. The van der Waals surface area contributed by atoms with Gasteiger partial charge in [-0.05, 0) is 19.1 Å². The fraction of sp³-hybridized carbons (Fsp3) is 0.364. The van der Waals surface area contributed by atoms with E-state index in [0.717, 1.165) is 0 Å². The third-order valence-electron chi connectivity index (χ3n) is 1.76. The second-order valence-electron chi connectivity index (χ2n) is 2.83. The topological polar surface area (TPSA) is 47.6 Å². The fourth-order valence-electron chi connectivity index (χ4n) is 1.06. The van der Waals surface area contributed by atoms with Gasteiger partial charge in [0.25, 0.3) is 12.2 Å². The third-order valence-corrected chi connectivity index (χ3v) is 1.76. The molecule has 0 saturated carbocycles. The first-order valence-electron chi connectivity index (χ1n) is 4.82. The molecule has 0 aliphatic heterocycles. The number of benzene rings is 1. The summed E-state index contributed by atoms with van der Waals surface area (Å²) in [5, 5.41) is 2.48. The molecule has 0 aliphatic rings. The van der Waals surface area contributed by atoms with E-state index in [9.17, 15) is 4.79 Å². The van der Waals surface area contributed by atoms with Crippen LogP contribution in [0.15, 0.2) is 30.3 Å². The fourth-order valence-corrected chi connectivity index (χ4v) is 1.06. The Morgan fingerprint density at radius 3 is 2.60 bits per heavy atom. The molecule has 1 rings (SSSR count). The number of hydrogen-bond donors (Lipinski definition) is 1. The van der Waals surface area contributed by atoms with Crippen molar-refractivity contribution in [2.45, 2.75) is 13.2 Å². The van der Waals surface area contributed by atoms with Crippen LogP contribution in [0.1, 0.15) is 6.92 Å². The number of carbonyl (C=O) groups excluding carboxylic acids is 1. The molecule has 1 aromatic rings. The van der Waals surface area contributed by atoms with Crippen molar-refractivity contribution in [3.63, 3.8) is 0 Å². The van der Waals surface area contributed by atoms with Crippen LogP contribution in [0.2, 0.25) is 0 Å². The van der Waals surface area contributed by atoms with Crippen molar-refractivity contribution in [1.82, 2.24) is 5.32 Å². The first-order chi connectivity index (χ1) is 7.27. The van der Waals surface area contributed by atoms with Crippen LogP contribution in [0.3, 0.4) is 0 Å². The van der Waals surface area contributed by atoms with E-state index in [1.807, 2.05) is 25.1 Å². The lowest BCUT2D eigenvalue weighted by Crippen LogP contribution is -2.38. The van der Waals surface area contributed by atoms with Gasteiger partial charge in [-0.25, -0.2) is 0 Å². The molecule has 0 saturated heterocycles. The van der Waals surface area contributed by atoms with Gasteiger partial charge in [-0.2, -0.15) is 0 Å². The molecule has 0 spiro atoms. The SMILES string of the molecule is CCOC(Oc1ccccc1)C(=O)NC. The van der Waals surface area contributed by atoms with Gasteiger partial charge in [0.2, 0.25) is 0 Å². The first-order valence-corrected chi connectivity index (χ1v) is 4.82. The minimum absolute atomic E-state index is 0.291. The molecule has 4 nitrogen and oxygen atoms in total. The smallest absolute Gasteiger partial charge is 0.289 e. The lowest BCUT2D eigenvalue weighted by Gasteiger charge is -2.16. The van der Waals surface area contributed by atoms with Crippen molar-refractivity contribution in [3.8, 4) is 5.75 Å². The van der Waals surface area contributed by atoms with Gasteiger partial charge >= 0.3 is 0 Å². The summed E-state index contributed by atoms with van der Waals surface area (Å²) in [6.45, 7) is 2.23. The summed E-state index contributed by atoms with van der Waals surface area (Å²) in [4.78, 5) is 11.3. The van der Waals surface area contributed by atoms with Gasteiger partial charge in [0.05, 0.1) is 0 Å². The number of carbonyl (C=O) groups is 1. The molecule has 0 heterocycles. The van der Waals surface area contributed by atoms with Gasteiger partial charge in [0, 0.05) is 13.7 Å². The number of ether oxygens (including phenoxy) is 2. The van der Waals surface area contributed by atoms with Gasteiger partial charge < -0.3 is 14.8 Å². The zero-order chi connectivity index (χ0) is 11.1. The van der Waals surface area contributed by atoms with Crippen LogP contribution in [-0.2, 0) is 9.53 Å². The number of rotatable bonds is 5. The van der Waals surface area contributed by atoms with Crippen molar-refractivity contribution < 1.29 is 14.3 Å². The second-order valence-corrected chi connectivity index (χ2v) is 2.83. The summed E-state index contributed by atoms with van der Waals surface area (Å²) in [6, 6.07) is 9.09. The lowest BCUT2D eigenvalue weighted by molar-refractivity contribution is -0.151. The molecule has 1 aromatic carbocycles. The summed E-state index contributed by atoms with van der Waals surface area (Å²) < 4.78 is 10.5. The molecule has 4 heteroatoms. The highest BCUT2D eigenvalue weighted by molar-refractivity contribution is 5.79. The van der Waals surface area contributed by atoms with Gasteiger partial charge in [-0.1, -0.05) is 18.2 Å². The number of likely N-dealkylation sites (N-methyl/N-ethyl adjacent to an activating group) is 1. The van der Waals surface area contributed by atoms with E-state index in [1.54, 1.807) is 19.2 Å². The average molecular weight is 209 g/mol. The van der Waals surface area contributed by atoms with Gasteiger partial charge in [0.1, 0.15) is 5.75 Å². The Hall–Kier alpha value is -1.55. The zero-order valence-corrected chi connectivity index (χ0v) is 8.90. The number of hydrogen-bond acceptors (Lipinski definition) is 3. The molecule has 0 aromatic heterocycles. The summed E-state index contributed by atoms with van der Waals surface area (Å²) in [7, 11) is 1.54. The van der Waals surface area contributed by atoms with Crippen LogP contribution in [0.25, 0.3) is 0 Å². The maximum Gasteiger partial charge on any atom is 0.289 e. The lowest BCUT2D eigenvalue weighted by atomic mass is 10.3. The van der Waals surface area contributed by atoms with E-state index in [4.69, 9.17) is 9.47 Å². The summed E-state index contributed by atoms with van der Waals surface area (Å²) in [5.74, 6) is 0.320. The monoisotopic (exact) mass is 209 g/mol. The Morgan fingerprint density at radius 1 is 1.40 bits per heavy atom. The Balaban J connectivity index is 2.62. The molecule has 1 atom stereocenters. The van der Waals surface area contributed by atoms with Gasteiger partial charge in [0.15, 0.2) is 0 Å². The highest BCUT2D eigenvalue weighted by Crippen LogP contribution is 2.11. The Morgan fingerprint density at radius 2 is 2.07 bits per heavy atom. The van der Waals surface area contributed by atoms with E-state index < -0.39 is 6.29 Å². The van der Waals surface area contributed by atoms with Crippen molar-refractivity contribution in [3.05, 3.63) is 30.3 Å². The quantitative estimate of drug-likeness (QED) is 0.740. The van der Waals surface area contributed by atoms with Gasteiger partial charge in [-0.15, -0.1) is 0 Å². The molecule has 0 aliphatic carbocycles. The highest BCUT2D eigenvalue weighted by atomic mass is 16.7. The Labute approximate surface area is 89.2 Å². The molecule has 82 valence electrons. The van der Waals surface area contributed by atoms with E-state index in [2.05, 4.69) is 5.32 Å². The van der Waals surface area contributed by atoms with E-state index in [-0.39, 0.29) is 5.91 Å². The largest absolute Gasteiger partial charge is 0.455 e. The molecule has 0 bridgehead atoms. The van der Waals surface area contributed by atoms with E-state index in [0.29, 0.717) is 12.4 Å². The Bertz CT molecular complexity index is 300. The second kappa shape index (κ2) is 6.03. The van der Waals surface area contributed by atoms with E-state index in [1.165, 1.54) is 0 Å². The summed E-state index contributed by atoms with van der Waals surface area (Å²) >= 11 is 0. The highest BCUT2D eigenvalue weighted by Gasteiger charge is 2.18. The third kappa shape index (κ3) is 3.59. The molecule has 0 radical (unpaired) electrons. The van der Waals surface area contributed by atoms with Crippen LogP contribution in [0.4, 0.5) is 0 Å². The molecule has 1 amide bonds. The number of nitrogens with one attached hydrogen (secondary N) is 1. The molecule has 15 heavy (non-hydrogen) atoms. The predicted octanol–water partition coefficient (Wildman–Crippen LogP) is 1.17.